The lowest BCUT2D eigenvalue weighted by molar-refractivity contribution is 0.0628. The van der Waals surface area contributed by atoms with Gasteiger partial charge in [-0.25, -0.2) is 4.39 Å². The second-order valence-corrected chi connectivity index (χ2v) is 11.9. The van der Waals surface area contributed by atoms with Gasteiger partial charge >= 0.3 is 0 Å². The molecule has 6 rings (SSSR count). The zero-order chi connectivity index (χ0) is 30.6. The van der Waals surface area contributed by atoms with Crippen molar-refractivity contribution in [2.75, 3.05) is 46.4 Å². The number of rotatable bonds is 8. The molecule has 2 saturated heterocycles. The zero-order valence-electron chi connectivity index (χ0n) is 25.4. The third-order valence-electron chi connectivity index (χ3n) is 8.72. The average molecular weight is 599 g/mol. The summed E-state index contributed by atoms with van der Waals surface area (Å²) in [6.07, 6.45) is 1.61. The number of likely N-dealkylation sites (tertiary alicyclic amines) is 1. The van der Waals surface area contributed by atoms with E-state index in [4.69, 9.17) is 9.15 Å². The highest BCUT2D eigenvalue weighted by Gasteiger charge is 2.25. The van der Waals surface area contributed by atoms with Gasteiger partial charge in [0, 0.05) is 69.3 Å². The van der Waals surface area contributed by atoms with Gasteiger partial charge in [-0.05, 0) is 67.3 Å². The fourth-order valence-electron chi connectivity index (χ4n) is 6.08. The van der Waals surface area contributed by atoms with E-state index < -0.39 is 0 Å². The smallest absolute Gasteiger partial charge is 0.287 e. The van der Waals surface area contributed by atoms with Crippen LogP contribution in [0.1, 0.15) is 50.4 Å². The Morgan fingerprint density at radius 3 is 2.27 bits per heavy atom. The lowest BCUT2D eigenvalue weighted by Crippen LogP contribution is -2.48. The molecule has 0 radical (unpaired) electrons. The summed E-state index contributed by atoms with van der Waals surface area (Å²) in [4.78, 5) is 32.9. The molecule has 3 aromatic carbocycles. The maximum absolute atomic E-state index is 13.7. The van der Waals surface area contributed by atoms with Crippen molar-refractivity contribution in [2.24, 2.45) is 0 Å². The number of hydrogen-bond acceptors (Lipinski definition) is 6. The van der Waals surface area contributed by atoms with E-state index in [0.29, 0.717) is 30.8 Å². The number of halogens is 1. The minimum atomic E-state index is -0.366. The van der Waals surface area contributed by atoms with Gasteiger partial charge in [-0.1, -0.05) is 35.9 Å². The molecule has 1 aromatic heterocycles. The average Bonchev–Trinajstić information content (AvgIpc) is 3.48. The number of carbonyl (C=O) groups excluding carboxylic acids is 2. The molecule has 0 saturated carbocycles. The fourth-order valence-corrected chi connectivity index (χ4v) is 6.08. The lowest BCUT2D eigenvalue weighted by atomic mass is 10.0. The molecular weight excluding hydrogens is 559 g/mol. The summed E-state index contributed by atoms with van der Waals surface area (Å²) in [5.41, 5.74) is 4.72. The molecular formula is C35H39FN4O4. The van der Waals surface area contributed by atoms with E-state index >= 15 is 0 Å². The highest BCUT2D eigenvalue weighted by atomic mass is 19.1. The van der Waals surface area contributed by atoms with Gasteiger partial charge in [-0.3, -0.25) is 19.4 Å². The Morgan fingerprint density at radius 1 is 0.864 bits per heavy atom. The number of hydrogen-bond donors (Lipinski definition) is 1. The van der Waals surface area contributed by atoms with Gasteiger partial charge in [0.1, 0.15) is 5.58 Å². The first-order valence-corrected chi connectivity index (χ1v) is 15.3. The molecule has 0 bridgehead atoms. The number of piperidine rings is 1. The van der Waals surface area contributed by atoms with Crippen molar-refractivity contribution in [3.8, 4) is 5.75 Å². The molecule has 1 N–H and O–H groups in total. The third kappa shape index (κ3) is 6.95. The Balaban J connectivity index is 0.997. The number of piperazine rings is 1. The van der Waals surface area contributed by atoms with Gasteiger partial charge in [-0.15, -0.1) is 0 Å². The van der Waals surface area contributed by atoms with E-state index in [1.54, 1.807) is 30.3 Å². The van der Waals surface area contributed by atoms with Crippen molar-refractivity contribution in [1.29, 1.82) is 0 Å². The Labute approximate surface area is 257 Å². The molecule has 2 aliphatic rings. The van der Waals surface area contributed by atoms with Crippen molar-refractivity contribution in [3.63, 3.8) is 0 Å². The van der Waals surface area contributed by atoms with Crippen LogP contribution in [-0.4, -0.2) is 78.9 Å². The largest absolute Gasteiger partial charge is 0.494 e. The number of methoxy groups -OCH3 is 1. The predicted octanol–water partition coefficient (Wildman–Crippen LogP) is 5.24. The van der Waals surface area contributed by atoms with E-state index in [9.17, 15) is 14.0 Å². The van der Waals surface area contributed by atoms with E-state index in [1.165, 1.54) is 24.3 Å². The van der Waals surface area contributed by atoms with Crippen LogP contribution < -0.4 is 10.1 Å². The molecule has 2 fully saturated rings. The number of benzene rings is 3. The number of aryl methyl sites for hydroxylation is 1. The van der Waals surface area contributed by atoms with Crippen molar-refractivity contribution in [2.45, 2.75) is 38.9 Å². The van der Waals surface area contributed by atoms with Gasteiger partial charge < -0.3 is 19.4 Å². The molecule has 44 heavy (non-hydrogen) atoms. The molecule has 4 aromatic rings. The maximum atomic E-state index is 13.7. The summed E-state index contributed by atoms with van der Waals surface area (Å²) in [5.74, 6) is -0.121. The van der Waals surface area contributed by atoms with Crippen LogP contribution in [-0.2, 0) is 13.1 Å². The standard InChI is InChI=1S/C35H39FN4O4/c1-24-3-5-25(6-4-24)22-39-15-17-40(18-16-39)35(42)27-8-10-31-28(20-27)21-33(44-31)34(41)37-29-11-13-38(14-12-29)23-26-7-9-30(36)32(19-26)43-2/h3-10,19-21,29H,11-18,22-23H2,1-2H3,(H,37,41). The van der Waals surface area contributed by atoms with E-state index in [-0.39, 0.29) is 35.2 Å². The molecule has 9 heteroatoms. The fraction of sp³-hybridized carbons (Fsp3) is 0.371. The zero-order valence-corrected chi connectivity index (χ0v) is 25.4. The number of nitrogens with zero attached hydrogens (tertiary/aromatic N) is 3. The van der Waals surface area contributed by atoms with Crippen molar-refractivity contribution in [3.05, 3.63) is 101 Å². The Hall–Kier alpha value is -4.21. The number of ether oxygens (including phenoxy) is 1. The van der Waals surface area contributed by atoms with Crippen molar-refractivity contribution >= 4 is 22.8 Å². The number of nitrogens with one attached hydrogen (secondary N) is 1. The molecule has 0 unspecified atom stereocenters. The van der Waals surface area contributed by atoms with Crippen LogP contribution in [0, 0.1) is 12.7 Å². The monoisotopic (exact) mass is 598 g/mol. The number of amides is 2. The summed E-state index contributed by atoms with van der Waals surface area (Å²) in [6.45, 7) is 8.33. The molecule has 0 spiro atoms. The summed E-state index contributed by atoms with van der Waals surface area (Å²) in [6, 6.07) is 20.7. The molecule has 0 atom stereocenters. The molecule has 8 nitrogen and oxygen atoms in total. The summed E-state index contributed by atoms with van der Waals surface area (Å²) >= 11 is 0. The van der Waals surface area contributed by atoms with Gasteiger partial charge in [0.05, 0.1) is 7.11 Å². The summed E-state index contributed by atoms with van der Waals surface area (Å²) < 4.78 is 24.7. The Kier molecular flexibility index (Phi) is 8.95. The van der Waals surface area contributed by atoms with E-state index in [1.807, 2.05) is 11.0 Å². The minimum Gasteiger partial charge on any atom is -0.494 e. The second kappa shape index (κ2) is 13.2. The molecule has 2 amide bonds. The van der Waals surface area contributed by atoms with Gasteiger partial charge in [0.25, 0.3) is 11.8 Å². The second-order valence-electron chi connectivity index (χ2n) is 11.9. The van der Waals surface area contributed by atoms with Crippen LogP contribution in [0.5, 0.6) is 5.75 Å². The normalized spacial score (nSPS) is 16.8. The first kappa shape index (κ1) is 29.8. The minimum absolute atomic E-state index is 0.0000662. The van der Waals surface area contributed by atoms with Gasteiger partial charge in [-0.2, -0.15) is 0 Å². The Bertz CT molecular complexity index is 1620. The molecule has 3 heterocycles. The SMILES string of the molecule is COc1cc(CN2CCC(NC(=O)c3cc4cc(C(=O)N5CCN(Cc6ccc(C)cc6)CC5)ccc4o3)CC2)ccc1F. The molecule has 2 aliphatic heterocycles. The van der Waals surface area contributed by atoms with Crippen LogP contribution >= 0.6 is 0 Å². The first-order chi connectivity index (χ1) is 21.3. The topological polar surface area (TPSA) is 78.3 Å². The number of furan rings is 1. The van der Waals surface area contributed by atoms with E-state index in [0.717, 1.165) is 56.5 Å². The number of carbonyl (C=O) groups is 2. The van der Waals surface area contributed by atoms with Crippen molar-refractivity contribution < 1.29 is 23.1 Å². The first-order valence-electron chi connectivity index (χ1n) is 15.3. The molecule has 230 valence electrons. The predicted molar refractivity (Wildman–Crippen MR) is 167 cm³/mol. The Morgan fingerprint density at radius 2 is 1.55 bits per heavy atom. The molecule has 0 aliphatic carbocycles. The maximum Gasteiger partial charge on any atom is 0.287 e. The number of fused-ring (bicyclic) bond motifs is 1. The van der Waals surface area contributed by atoms with Gasteiger partial charge in [0.2, 0.25) is 0 Å². The van der Waals surface area contributed by atoms with Crippen LogP contribution in [0.3, 0.4) is 0 Å². The van der Waals surface area contributed by atoms with Crippen LogP contribution in [0.15, 0.2) is 71.1 Å². The summed E-state index contributed by atoms with van der Waals surface area (Å²) in [5, 5.41) is 3.85. The van der Waals surface area contributed by atoms with Crippen LogP contribution in [0.2, 0.25) is 0 Å². The lowest BCUT2D eigenvalue weighted by Gasteiger charge is -2.34. The highest BCUT2D eigenvalue weighted by Crippen LogP contribution is 2.24. The van der Waals surface area contributed by atoms with Gasteiger partial charge in [0.15, 0.2) is 17.3 Å². The highest BCUT2D eigenvalue weighted by molar-refractivity contribution is 6.00. The third-order valence-corrected chi connectivity index (χ3v) is 8.72. The van der Waals surface area contributed by atoms with Crippen LogP contribution in [0.25, 0.3) is 11.0 Å². The van der Waals surface area contributed by atoms with E-state index in [2.05, 4.69) is 46.3 Å². The summed E-state index contributed by atoms with van der Waals surface area (Å²) in [7, 11) is 1.47. The van der Waals surface area contributed by atoms with Crippen molar-refractivity contribution in [1.82, 2.24) is 20.0 Å². The quantitative estimate of drug-likeness (QED) is 0.299. The van der Waals surface area contributed by atoms with Crippen LogP contribution in [0.4, 0.5) is 4.39 Å².